The van der Waals surface area contributed by atoms with E-state index >= 15 is 0 Å². The molecule has 0 aromatic carbocycles. The van der Waals surface area contributed by atoms with Crippen LogP contribution in [0.25, 0.3) is 0 Å². The van der Waals surface area contributed by atoms with E-state index in [0.29, 0.717) is 18.8 Å². The lowest BCUT2D eigenvalue weighted by Crippen LogP contribution is -2.40. The summed E-state index contributed by atoms with van der Waals surface area (Å²) in [7, 11) is 0. The van der Waals surface area contributed by atoms with Gasteiger partial charge < -0.3 is 10.1 Å². The first-order valence-corrected chi connectivity index (χ1v) is 9.03. The van der Waals surface area contributed by atoms with E-state index in [0.717, 1.165) is 18.6 Å². The lowest BCUT2D eigenvalue weighted by atomic mass is 9.70. The molecule has 2 amide bonds. The van der Waals surface area contributed by atoms with Crippen LogP contribution in [0, 0.1) is 22.7 Å². The summed E-state index contributed by atoms with van der Waals surface area (Å²) < 4.78 is 5.05. The van der Waals surface area contributed by atoms with Crippen molar-refractivity contribution in [1.82, 2.24) is 10.7 Å². The van der Waals surface area contributed by atoms with Crippen LogP contribution in [0.3, 0.4) is 0 Å². The second-order valence-corrected chi connectivity index (χ2v) is 8.23. The number of rotatable bonds is 4. The molecule has 2 aliphatic carbocycles. The Balaban J connectivity index is 1.47. The molecule has 3 fully saturated rings. The molecule has 25 heavy (non-hydrogen) atoms. The first-order chi connectivity index (χ1) is 11.7. The monoisotopic (exact) mass is 349 g/mol. The molecule has 1 heterocycles. The zero-order chi connectivity index (χ0) is 18.2. The van der Waals surface area contributed by atoms with Gasteiger partial charge in [0.05, 0.1) is 5.92 Å². The van der Waals surface area contributed by atoms with Gasteiger partial charge in [-0.2, -0.15) is 5.10 Å². The van der Waals surface area contributed by atoms with Crippen molar-refractivity contribution in [3.63, 3.8) is 0 Å². The summed E-state index contributed by atoms with van der Waals surface area (Å²) in [5.41, 5.74) is 3.82. The van der Waals surface area contributed by atoms with Gasteiger partial charge in [-0.1, -0.05) is 20.8 Å². The Hall–Kier alpha value is -1.92. The van der Waals surface area contributed by atoms with Gasteiger partial charge in [-0.15, -0.1) is 0 Å². The molecule has 0 aromatic heterocycles. The van der Waals surface area contributed by atoms with E-state index in [1.54, 1.807) is 0 Å². The standard InChI is InChI=1S/C18H27N3O4/c1-17(2)12-6-7-18(17,3)13(8-12)20-21-15(23)10-25-16(24)11-4-5-14(22)19-9-11/h11-12H,4-10H2,1-3H3,(H,19,22)(H,21,23)/t11-,12+,18-/m1/s1. The summed E-state index contributed by atoms with van der Waals surface area (Å²) in [5.74, 6) is -0.685. The molecule has 138 valence electrons. The molecular weight excluding hydrogens is 322 g/mol. The minimum absolute atomic E-state index is 0.0297. The zero-order valence-corrected chi connectivity index (χ0v) is 15.2. The number of fused-ring (bicyclic) bond motifs is 2. The van der Waals surface area contributed by atoms with Crippen LogP contribution in [0.4, 0.5) is 0 Å². The molecule has 2 bridgehead atoms. The highest BCUT2D eigenvalue weighted by Gasteiger charge is 2.60. The van der Waals surface area contributed by atoms with E-state index in [-0.39, 0.29) is 35.8 Å². The van der Waals surface area contributed by atoms with Crippen molar-refractivity contribution >= 4 is 23.5 Å². The molecule has 1 aliphatic heterocycles. The van der Waals surface area contributed by atoms with Crippen LogP contribution in [0.2, 0.25) is 0 Å². The Morgan fingerprint density at radius 2 is 2.08 bits per heavy atom. The first-order valence-electron chi connectivity index (χ1n) is 9.03. The number of hydrogen-bond donors (Lipinski definition) is 2. The molecule has 0 radical (unpaired) electrons. The number of carbonyl (C=O) groups is 3. The molecular formula is C18H27N3O4. The number of piperidine rings is 1. The van der Waals surface area contributed by atoms with Crippen LogP contribution in [0.1, 0.15) is 52.9 Å². The topological polar surface area (TPSA) is 96.9 Å². The number of esters is 1. The summed E-state index contributed by atoms with van der Waals surface area (Å²) in [6, 6.07) is 0. The van der Waals surface area contributed by atoms with Crippen molar-refractivity contribution in [3.8, 4) is 0 Å². The number of hydrazone groups is 1. The fourth-order valence-corrected chi connectivity index (χ4v) is 4.45. The highest BCUT2D eigenvalue weighted by atomic mass is 16.5. The maximum Gasteiger partial charge on any atom is 0.311 e. The Kier molecular flexibility index (Phi) is 4.60. The second kappa shape index (κ2) is 6.42. The van der Waals surface area contributed by atoms with Gasteiger partial charge in [0.1, 0.15) is 0 Å². The molecule has 2 saturated carbocycles. The summed E-state index contributed by atoms with van der Waals surface area (Å²) in [5, 5.41) is 6.97. The molecule has 0 aromatic rings. The minimum atomic E-state index is -0.448. The lowest BCUT2D eigenvalue weighted by molar-refractivity contribution is -0.153. The predicted octanol–water partition coefficient (Wildman–Crippen LogP) is 1.37. The molecule has 0 unspecified atom stereocenters. The van der Waals surface area contributed by atoms with Crippen LogP contribution >= 0.6 is 0 Å². The van der Waals surface area contributed by atoms with Crippen molar-refractivity contribution in [2.75, 3.05) is 13.2 Å². The minimum Gasteiger partial charge on any atom is -0.455 e. The molecule has 1 saturated heterocycles. The number of hydrogen-bond acceptors (Lipinski definition) is 5. The first kappa shape index (κ1) is 17.9. The van der Waals surface area contributed by atoms with Crippen LogP contribution in [-0.4, -0.2) is 36.6 Å². The number of nitrogens with one attached hydrogen (secondary N) is 2. The van der Waals surface area contributed by atoms with E-state index in [4.69, 9.17) is 4.74 Å². The maximum atomic E-state index is 11.9. The largest absolute Gasteiger partial charge is 0.455 e. The van der Waals surface area contributed by atoms with Gasteiger partial charge in [-0.25, -0.2) is 5.43 Å². The van der Waals surface area contributed by atoms with Crippen LogP contribution in [0.5, 0.6) is 0 Å². The van der Waals surface area contributed by atoms with Crippen molar-refractivity contribution in [2.24, 2.45) is 27.8 Å². The predicted molar refractivity (Wildman–Crippen MR) is 91.5 cm³/mol. The summed E-state index contributed by atoms with van der Waals surface area (Å²) in [4.78, 5) is 35.0. The third-order valence-corrected chi connectivity index (χ3v) is 6.77. The van der Waals surface area contributed by atoms with Crippen molar-refractivity contribution < 1.29 is 19.1 Å². The van der Waals surface area contributed by atoms with E-state index in [2.05, 4.69) is 36.6 Å². The second-order valence-electron chi connectivity index (χ2n) is 8.23. The quantitative estimate of drug-likeness (QED) is 0.592. The number of nitrogens with zero attached hydrogens (tertiary/aromatic N) is 1. The van der Waals surface area contributed by atoms with Gasteiger partial charge in [0.15, 0.2) is 6.61 Å². The normalized spacial score (nSPS) is 34.7. The molecule has 3 atom stereocenters. The average Bonchev–Trinajstić information content (AvgIpc) is 2.91. The van der Waals surface area contributed by atoms with Gasteiger partial charge in [-0.3, -0.25) is 14.4 Å². The van der Waals surface area contributed by atoms with Gasteiger partial charge >= 0.3 is 5.97 Å². The maximum absolute atomic E-state index is 11.9. The molecule has 7 nitrogen and oxygen atoms in total. The summed E-state index contributed by atoms with van der Waals surface area (Å²) in [6.07, 6.45) is 4.01. The van der Waals surface area contributed by atoms with Gasteiger partial charge in [-0.05, 0) is 37.0 Å². The van der Waals surface area contributed by atoms with Crippen LogP contribution in [0.15, 0.2) is 5.10 Å². The smallest absolute Gasteiger partial charge is 0.311 e. The lowest BCUT2D eigenvalue weighted by Gasteiger charge is -2.34. The fourth-order valence-electron chi connectivity index (χ4n) is 4.45. The Morgan fingerprint density at radius 3 is 2.64 bits per heavy atom. The van der Waals surface area contributed by atoms with E-state index in [1.165, 1.54) is 6.42 Å². The van der Waals surface area contributed by atoms with Crippen molar-refractivity contribution in [3.05, 3.63) is 0 Å². The fraction of sp³-hybridized carbons (Fsp3) is 0.778. The molecule has 7 heteroatoms. The highest BCUT2D eigenvalue weighted by molar-refractivity contribution is 5.95. The number of amides is 2. The molecule has 2 N–H and O–H groups in total. The van der Waals surface area contributed by atoms with Crippen LogP contribution < -0.4 is 10.7 Å². The SMILES string of the molecule is CC1(C)[C@H]2CC[C@]1(C)C(=NNC(=O)COC(=O)[C@@H]1CCC(=O)NC1)C2. The summed E-state index contributed by atoms with van der Waals surface area (Å²) in [6.45, 7) is 6.71. The third-order valence-electron chi connectivity index (χ3n) is 6.77. The zero-order valence-electron chi connectivity index (χ0n) is 15.2. The van der Waals surface area contributed by atoms with Gasteiger partial charge in [0, 0.05) is 24.1 Å². The van der Waals surface area contributed by atoms with E-state index in [1.807, 2.05) is 0 Å². The van der Waals surface area contributed by atoms with Gasteiger partial charge in [0.2, 0.25) is 5.91 Å². The van der Waals surface area contributed by atoms with Crippen molar-refractivity contribution in [2.45, 2.75) is 52.9 Å². The third kappa shape index (κ3) is 3.16. The Morgan fingerprint density at radius 1 is 1.32 bits per heavy atom. The number of ether oxygens (including phenoxy) is 1. The Bertz CT molecular complexity index is 618. The van der Waals surface area contributed by atoms with E-state index in [9.17, 15) is 14.4 Å². The molecule has 3 aliphatic rings. The Labute approximate surface area is 147 Å². The van der Waals surface area contributed by atoms with Crippen LogP contribution in [-0.2, 0) is 19.1 Å². The number of carbonyl (C=O) groups excluding carboxylic acids is 3. The highest BCUT2D eigenvalue weighted by Crippen LogP contribution is 2.63. The van der Waals surface area contributed by atoms with E-state index < -0.39 is 11.9 Å². The average molecular weight is 349 g/mol. The van der Waals surface area contributed by atoms with Crippen molar-refractivity contribution in [1.29, 1.82) is 0 Å². The van der Waals surface area contributed by atoms with Gasteiger partial charge in [0.25, 0.3) is 5.91 Å². The summed E-state index contributed by atoms with van der Waals surface area (Å²) >= 11 is 0. The molecule has 3 rings (SSSR count). The molecule has 0 spiro atoms.